The Morgan fingerprint density at radius 3 is 2.79 bits per heavy atom. The number of benzene rings is 2. The SMILES string of the molecule is CCn1nc(C(=O)NCC2NCCc3ccccc32)c(=O)c2ccccc21.Cl. The zero-order valence-corrected chi connectivity index (χ0v) is 16.5. The molecule has 1 aliphatic heterocycles. The quantitative estimate of drug-likeness (QED) is 0.707. The van der Waals surface area contributed by atoms with Crippen molar-refractivity contribution >= 4 is 29.2 Å². The van der Waals surface area contributed by atoms with E-state index in [1.165, 1.54) is 11.1 Å². The molecule has 0 aliphatic carbocycles. The number of rotatable bonds is 4. The van der Waals surface area contributed by atoms with Gasteiger partial charge < -0.3 is 10.6 Å². The Balaban J connectivity index is 0.00000225. The molecular weight excluding hydrogens is 376 g/mol. The standard InChI is InChI=1S/C21H22N4O2.ClH/c1-2-25-18-10-6-5-9-16(18)20(26)19(24-25)21(27)23-13-17-15-8-4-3-7-14(15)11-12-22-17;/h3-10,17,22H,2,11-13H2,1H3,(H,23,27);1H. The first-order chi connectivity index (χ1) is 13.2. The number of amides is 1. The fourth-order valence-electron chi connectivity index (χ4n) is 3.68. The van der Waals surface area contributed by atoms with Crippen LogP contribution < -0.4 is 16.1 Å². The first-order valence-corrected chi connectivity index (χ1v) is 9.28. The zero-order valence-electron chi connectivity index (χ0n) is 15.6. The topological polar surface area (TPSA) is 76.0 Å². The maximum absolute atomic E-state index is 12.7. The third kappa shape index (κ3) is 3.66. The van der Waals surface area contributed by atoms with E-state index in [0.717, 1.165) is 18.5 Å². The van der Waals surface area contributed by atoms with Gasteiger partial charge in [0.05, 0.1) is 5.52 Å². The average Bonchev–Trinajstić information content (AvgIpc) is 2.72. The summed E-state index contributed by atoms with van der Waals surface area (Å²) in [5.74, 6) is -0.433. The van der Waals surface area contributed by atoms with E-state index in [1.807, 2.05) is 31.2 Å². The van der Waals surface area contributed by atoms with Crippen molar-refractivity contribution in [1.82, 2.24) is 20.4 Å². The number of carbonyl (C=O) groups excluding carboxylic acids is 1. The van der Waals surface area contributed by atoms with Gasteiger partial charge in [-0.1, -0.05) is 36.4 Å². The van der Waals surface area contributed by atoms with Crippen molar-refractivity contribution in [2.75, 3.05) is 13.1 Å². The lowest BCUT2D eigenvalue weighted by Gasteiger charge is -2.27. The molecule has 146 valence electrons. The van der Waals surface area contributed by atoms with E-state index in [4.69, 9.17) is 0 Å². The molecule has 1 aliphatic rings. The molecule has 28 heavy (non-hydrogen) atoms. The van der Waals surface area contributed by atoms with Crippen LogP contribution in [0.4, 0.5) is 0 Å². The Hall–Kier alpha value is -2.70. The summed E-state index contributed by atoms with van der Waals surface area (Å²) >= 11 is 0. The highest BCUT2D eigenvalue weighted by atomic mass is 35.5. The predicted molar refractivity (Wildman–Crippen MR) is 112 cm³/mol. The van der Waals surface area contributed by atoms with Gasteiger partial charge in [0.1, 0.15) is 0 Å². The predicted octanol–water partition coefficient (Wildman–Crippen LogP) is 2.46. The molecule has 0 saturated carbocycles. The Kier molecular flexibility index (Phi) is 6.11. The summed E-state index contributed by atoms with van der Waals surface area (Å²) in [5, 5.41) is 11.1. The normalized spacial score (nSPS) is 15.5. The number of aryl methyl sites for hydroxylation is 1. The van der Waals surface area contributed by atoms with Crippen LogP contribution in [0.5, 0.6) is 0 Å². The molecule has 2 aromatic carbocycles. The summed E-state index contributed by atoms with van der Waals surface area (Å²) < 4.78 is 1.69. The summed E-state index contributed by atoms with van der Waals surface area (Å²) in [7, 11) is 0. The van der Waals surface area contributed by atoms with Crippen LogP contribution in [-0.2, 0) is 13.0 Å². The van der Waals surface area contributed by atoms with Crippen molar-refractivity contribution < 1.29 is 4.79 Å². The maximum Gasteiger partial charge on any atom is 0.275 e. The highest BCUT2D eigenvalue weighted by Crippen LogP contribution is 2.21. The number of aromatic nitrogens is 2. The molecule has 0 saturated heterocycles. The molecular formula is C21H23ClN4O2. The van der Waals surface area contributed by atoms with Gasteiger partial charge >= 0.3 is 0 Å². The van der Waals surface area contributed by atoms with Gasteiger partial charge in [-0.3, -0.25) is 14.3 Å². The summed E-state index contributed by atoms with van der Waals surface area (Å²) in [6, 6.07) is 15.5. The first kappa shape index (κ1) is 20.0. The third-order valence-electron chi connectivity index (χ3n) is 5.06. The van der Waals surface area contributed by atoms with Gasteiger partial charge in [-0.25, -0.2) is 0 Å². The molecule has 4 rings (SSSR count). The lowest BCUT2D eigenvalue weighted by Crippen LogP contribution is -2.40. The summed E-state index contributed by atoms with van der Waals surface area (Å²) in [5.41, 5.74) is 2.85. The molecule has 7 heteroatoms. The number of nitrogens with zero attached hydrogens (tertiary/aromatic N) is 2. The molecule has 6 nitrogen and oxygen atoms in total. The lowest BCUT2D eigenvalue weighted by atomic mass is 9.94. The minimum atomic E-state index is -0.433. The molecule has 0 bridgehead atoms. The maximum atomic E-state index is 12.7. The van der Waals surface area contributed by atoms with Crippen LogP contribution in [-0.4, -0.2) is 28.8 Å². The number of hydrogen-bond acceptors (Lipinski definition) is 4. The van der Waals surface area contributed by atoms with Crippen molar-refractivity contribution in [3.05, 3.63) is 75.6 Å². The van der Waals surface area contributed by atoms with Gasteiger partial charge in [-0.2, -0.15) is 5.10 Å². The van der Waals surface area contributed by atoms with Gasteiger partial charge in [-0.05, 0) is 43.1 Å². The second kappa shape index (κ2) is 8.54. The van der Waals surface area contributed by atoms with Crippen molar-refractivity contribution in [1.29, 1.82) is 0 Å². The molecule has 1 atom stereocenters. The molecule has 1 aromatic heterocycles. The van der Waals surface area contributed by atoms with Gasteiger partial charge in [0.25, 0.3) is 5.91 Å². The van der Waals surface area contributed by atoms with Crippen LogP contribution in [0.3, 0.4) is 0 Å². The number of para-hydroxylation sites is 1. The lowest BCUT2D eigenvalue weighted by molar-refractivity contribution is 0.0941. The number of halogens is 1. The average molecular weight is 399 g/mol. The number of carbonyl (C=O) groups is 1. The molecule has 2 N–H and O–H groups in total. The second-order valence-corrected chi connectivity index (χ2v) is 6.68. The van der Waals surface area contributed by atoms with E-state index in [2.05, 4.69) is 27.9 Å². The van der Waals surface area contributed by atoms with E-state index in [0.29, 0.717) is 18.5 Å². The summed E-state index contributed by atoms with van der Waals surface area (Å²) in [6.45, 7) is 3.80. The third-order valence-corrected chi connectivity index (χ3v) is 5.06. The molecule has 1 unspecified atom stereocenters. The highest BCUT2D eigenvalue weighted by molar-refractivity contribution is 5.95. The van der Waals surface area contributed by atoms with Crippen molar-refractivity contribution in [3.8, 4) is 0 Å². The van der Waals surface area contributed by atoms with Gasteiger partial charge in [-0.15, -0.1) is 12.4 Å². The smallest absolute Gasteiger partial charge is 0.275 e. The van der Waals surface area contributed by atoms with Gasteiger partial charge in [0.15, 0.2) is 5.69 Å². The van der Waals surface area contributed by atoms with Gasteiger partial charge in [0.2, 0.25) is 5.43 Å². The molecule has 1 amide bonds. The minimum absolute atomic E-state index is 0. The molecule has 3 aromatic rings. The van der Waals surface area contributed by atoms with Crippen molar-refractivity contribution in [2.24, 2.45) is 0 Å². The van der Waals surface area contributed by atoms with Crippen molar-refractivity contribution in [2.45, 2.75) is 25.9 Å². The van der Waals surface area contributed by atoms with Crippen LogP contribution in [0.15, 0.2) is 53.3 Å². The number of nitrogens with one attached hydrogen (secondary N) is 2. The Morgan fingerprint density at radius 2 is 1.96 bits per heavy atom. The van der Waals surface area contributed by atoms with E-state index in [9.17, 15) is 9.59 Å². The Bertz CT molecular complexity index is 1060. The number of hydrogen-bond donors (Lipinski definition) is 2. The largest absolute Gasteiger partial charge is 0.349 e. The molecule has 2 heterocycles. The fourth-order valence-corrected chi connectivity index (χ4v) is 3.68. The highest BCUT2D eigenvalue weighted by Gasteiger charge is 2.22. The summed E-state index contributed by atoms with van der Waals surface area (Å²) in [4.78, 5) is 25.5. The number of fused-ring (bicyclic) bond motifs is 2. The Morgan fingerprint density at radius 1 is 1.21 bits per heavy atom. The van der Waals surface area contributed by atoms with Gasteiger partial charge in [0, 0.05) is 24.5 Å². The van der Waals surface area contributed by atoms with E-state index < -0.39 is 5.91 Å². The van der Waals surface area contributed by atoms with E-state index >= 15 is 0 Å². The monoisotopic (exact) mass is 398 g/mol. The van der Waals surface area contributed by atoms with E-state index in [1.54, 1.807) is 16.8 Å². The fraction of sp³-hybridized carbons (Fsp3) is 0.286. The Labute approximate surface area is 169 Å². The van der Waals surface area contributed by atoms with Crippen LogP contribution in [0.1, 0.15) is 34.6 Å². The minimum Gasteiger partial charge on any atom is -0.349 e. The molecule has 0 spiro atoms. The van der Waals surface area contributed by atoms with E-state index in [-0.39, 0.29) is 29.6 Å². The molecule has 0 fully saturated rings. The second-order valence-electron chi connectivity index (χ2n) is 6.68. The van der Waals surface area contributed by atoms with Crippen LogP contribution >= 0.6 is 12.4 Å². The first-order valence-electron chi connectivity index (χ1n) is 9.28. The van der Waals surface area contributed by atoms with Crippen molar-refractivity contribution in [3.63, 3.8) is 0 Å². The van der Waals surface area contributed by atoms with Crippen LogP contribution in [0, 0.1) is 0 Å². The summed E-state index contributed by atoms with van der Waals surface area (Å²) in [6.07, 6.45) is 0.980. The van der Waals surface area contributed by atoms with Crippen LogP contribution in [0.25, 0.3) is 10.9 Å². The zero-order chi connectivity index (χ0) is 18.8. The molecule has 0 radical (unpaired) electrons. The van der Waals surface area contributed by atoms with Crippen LogP contribution in [0.2, 0.25) is 0 Å².